The van der Waals surface area contributed by atoms with Crippen LogP contribution in [-0.2, 0) is 6.42 Å². The van der Waals surface area contributed by atoms with E-state index in [1.54, 1.807) is 0 Å². The topological polar surface area (TPSA) is 26.0 Å². The molecule has 1 aromatic rings. The van der Waals surface area contributed by atoms with Gasteiger partial charge in [0.2, 0.25) is 0 Å². The van der Waals surface area contributed by atoms with Crippen LogP contribution < -0.4 is 5.73 Å². The molecule has 0 aliphatic carbocycles. The molecule has 1 nitrogen and oxygen atoms in total. The van der Waals surface area contributed by atoms with Gasteiger partial charge in [-0.2, -0.15) is 0 Å². The maximum atomic E-state index is 5.53. The molecule has 0 spiro atoms. The lowest BCUT2D eigenvalue weighted by atomic mass is 10.0. The maximum Gasteiger partial charge on any atom is -0.00367 e. The summed E-state index contributed by atoms with van der Waals surface area (Å²) in [6.45, 7) is 4.93. The lowest BCUT2D eigenvalue weighted by Crippen LogP contribution is -2.02. The third kappa shape index (κ3) is 3.67. The van der Waals surface area contributed by atoms with Gasteiger partial charge in [0.05, 0.1) is 0 Å². The normalized spacial score (nSPS) is 12.3. The molecule has 1 rings (SSSR count). The summed E-state index contributed by atoms with van der Waals surface area (Å²) in [5, 5.41) is 0. The van der Waals surface area contributed by atoms with E-state index in [0.29, 0.717) is 6.54 Å². The van der Waals surface area contributed by atoms with Crippen LogP contribution in [0.1, 0.15) is 31.4 Å². The number of hydrogen-bond acceptors (Lipinski definition) is 1. The van der Waals surface area contributed by atoms with Gasteiger partial charge >= 0.3 is 0 Å². The Morgan fingerprint density at radius 1 is 1.25 bits per heavy atom. The molecule has 0 radical (unpaired) electrons. The SMILES string of the molecule is C/C=C(\C=C/CC)c1ccc(CCN)cc1. The van der Waals surface area contributed by atoms with Gasteiger partial charge in [-0.15, -0.1) is 0 Å². The maximum absolute atomic E-state index is 5.53. The first-order valence-electron chi connectivity index (χ1n) is 5.94. The highest BCUT2D eigenvalue weighted by Gasteiger charge is 1.97. The predicted molar refractivity (Wildman–Crippen MR) is 72.3 cm³/mol. The fourth-order valence-electron chi connectivity index (χ4n) is 1.63. The Hall–Kier alpha value is -1.34. The number of rotatable bonds is 5. The van der Waals surface area contributed by atoms with Crippen molar-refractivity contribution in [1.29, 1.82) is 0 Å². The van der Waals surface area contributed by atoms with Crippen LogP contribution in [0.2, 0.25) is 0 Å². The van der Waals surface area contributed by atoms with Crippen LogP contribution in [0.4, 0.5) is 0 Å². The summed E-state index contributed by atoms with van der Waals surface area (Å²) in [6, 6.07) is 8.65. The first-order chi connectivity index (χ1) is 7.81. The van der Waals surface area contributed by atoms with Gasteiger partial charge in [0.1, 0.15) is 0 Å². The van der Waals surface area contributed by atoms with E-state index in [-0.39, 0.29) is 0 Å². The standard InChI is InChI=1S/C15H21N/c1-3-5-6-14(4-2)15-9-7-13(8-10-15)11-12-16/h4-10H,3,11-12,16H2,1-2H3/b6-5-,14-4+. The molecule has 0 heterocycles. The second-order valence-electron chi connectivity index (χ2n) is 3.79. The summed E-state index contributed by atoms with van der Waals surface area (Å²) in [5.41, 5.74) is 9.38. The Balaban J connectivity index is 2.83. The van der Waals surface area contributed by atoms with Gasteiger partial charge in [-0.3, -0.25) is 0 Å². The molecular formula is C15H21N. The molecule has 16 heavy (non-hydrogen) atoms. The van der Waals surface area contributed by atoms with Gasteiger partial charge in [-0.05, 0) is 43.0 Å². The molecule has 0 unspecified atom stereocenters. The molecular weight excluding hydrogens is 194 g/mol. The Bertz CT molecular complexity index is 358. The zero-order valence-electron chi connectivity index (χ0n) is 10.2. The Labute approximate surface area is 98.7 Å². The predicted octanol–water partition coefficient (Wildman–Crippen LogP) is 3.56. The minimum absolute atomic E-state index is 0.714. The van der Waals surface area contributed by atoms with Crippen molar-refractivity contribution >= 4 is 5.57 Å². The van der Waals surface area contributed by atoms with E-state index in [1.165, 1.54) is 16.7 Å². The van der Waals surface area contributed by atoms with Crippen LogP contribution in [0.3, 0.4) is 0 Å². The lowest BCUT2D eigenvalue weighted by molar-refractivity contribution is 0.968. The summed E-state index contributed by atoms with van der Waals surface area (Å²) in [6.07, 6.45) is 8.53. The van der Waals surface area contributed by atoms with Gasteiger partial charge in [0, 0.05) is 0 Å². The summed E-state index contributed by atoms with van der Waals surface area (Å²) in [7, 11) is 0. The van der Waals surface area contributed by atoms with Crippen molar-refractivity contribution in [3.63, 3.8) is 0 Å². The summed E-state index contributed by atoms with van der Waals surface area (Å²) < 4.78 is 0. The van der Waals surface area contributed by atoms with Crippen LogP contribution in [0.15, 0.2) is 42.5 Å². The number of benzene rings is 1. The van der Waals surface area contributed by atoms with E-state index >= 15 is 0 Å². The first kappa shape index (κ1) is 12.7. The number of allylic oxidation sites excluding steroid dienone is 4. The molecule has 86 valence electrons. The summed E-state index contributed by atoms with van der Waals surface area (Å²) in [5.74, 6) is 0. The third-order valence-corrected chi connectivity index (χ3v) is 2.56. The monoisotopic (exact) mass is 215 g/mol. The van der Waals surface area contributed by atoms with Crippen molar-refractivity contribution in [2.45, 2.75) is 26.7 Å². The Morgan fingerprint density at radius 3 is 2.44 bits per heavy atom. The van der Waals surface area contributed by atoms with Crippen molar-refractivity contribution in [3.05, 3.63) is 53.6 Å². The average Bonchev–Trinajstić information content (AvgIpc) is 2.32. The minimum atomic E-state index is 0.714. The smallest absolute Gasteiger partial charge is 0.00367 e. The molecule has 1 aromatic carbocycles. The van der Waals surface area contributed by atoms with Crippen molar-refractivity contribution < 1.29 is 0 Å². The van der Waals surface area contributed by atoms with Gasteiger partial charge in [0.25, 0.3) is 0 Å². The first-order valence-corrected chi connectivity index (χ1v) is 5.94. The molecule has 0 aromatic heterocycles. The molecule has 0 saturated heterocycles. The van der Waals surface area contributed by atoms with Crippen LogP contribution in [0.5, 0.6) is 0 Å². The van der Waals surface area contributed by atoms with E-state index in [4.69, 9.17) is 5.73 Å². The highest BCUT2D eigenvalue weighted by molar-refractivity contribution is 5.73. The van der Waals surface area contributed by atoms with Gasteiger partial charge < -0.3 is 5.73 Å². The van der Waals surface area contributed by atoms with E-state index < -0.39 is 0 Å². The third-order valence-electron chi connectivity index (χ3n) is 2.56. The molecule has 0 fully saturated rings. The molecule has 0 amide bonds. The average molecular weight is 215 g/mol. The highest BCUT2D eigenvalue weighted by atomic mass is 14.5. The van der Waals surface area contributed by atoms with Gasteiger partial charge in [0.15, 0.2) is 0 Å². The van der Waals surface area contributed by atoms with Crippen LogP contribution in [0, 0.1) is 0 Å². The molecule has 2 N–H and O–H groups in total. The van der Waals surface area contributed by atoms with Crippen molar-refractivity contribution in [1.82, 2.24) is 0 Å². The highest BCUT2D eigenvalue weighted by Crippen LogP contribution is 2.17. The summed E-state index contributed by atoms with van der Waals surface area (Å²) in [4.78, 5) is 0. The zero-order valence-corrected chi connectivity index (χ0v) is 10.2. The quantitative estimate of drug-likeness (QED) is 0.747. The fourth-order valence-corrected chi connectivity index (χ4v) is 1.63. The van der Waals surface area contributed by atoms with E-state index in [9.17, 15) is 0 Å². The van der Waals surface area contributed by atoms with Crippen LogP contribution in [0.25, 0.3) is 5.57 Å². The lowest BCUT2D eigenvalue weighted by Gasteiger charge is -2.04. The van der Waals surface area contributed by atoms with E-state index in [2.05, 4.69) is 56.3 Å². The Kier molecular flexibility index (Phi) is 5.58. The molecule has 0 bridgehead atoms. The van der Waals surface area contributed by atoms with Crippen LogP contribution in [-0.4, -0.2) is 6.54 Å². The fraction of sp³-hybridized carbons (Fsp3) is 0.333. The molecule has 1 heteroatoms. The number of hydrogen-bond donors (Lipinski definition) is 1. The van der Waals surface area contributed by atoms with Gasteiger partial charge in [-0.25, -0.2) is 0 Å². The largest absolute Gasteiger partial charge is 0.330 e. The molecule has 0 aliphatic heterocycles. The van der Waals surface area contributed by atoms with Crippen molar-refractivity contribution in [2.75, 3.05) is 6.54 Å². The molecule has 0 aliphatic rings. The molecule has 0 saturated carbocycles. The van der Waals surface area contributed by atoms with Crippen molar-refractivity contribution in [3.8, 4) is 0 Å². The van der Waals surface area contributed by atoms with Gasteiger partial charge in [-0.1, -0.05) is 49.4 Å². The van der Waals surface area contributed by atoms with E-state index in [0.717, 1.165) is 12.8 Å². The van der Waals surface area contributed by atoms with E-state index in [1.807, 2.05) is 0 Å². The molecule has 0 atom stereocenters. The number of nitrogens with two attached hydrogens (primary N) is 1. The summed E-state index contributed by atoms with van der Waals surface area (Å²) >= 11 is 0. The second kappa shape index (κ2) is 7.02. The Morgan fingerprint density at radius 2 is 1.94 bits per heavy atom. The second-order valence-corrected chi connectivity index (χ2v) is 3.79. The van der Waals surface area contributed by atoms with Crippen molar-refractivity contribution in [2.24, 2.45) is 5.73 Å². The van der Waals surface area contributed by atoms with Crippen LogP contribution >= 0.6 is 0 Å². The zero-order chi connectivity index (χ0) is 11.8. The minimum Gasteiger partial charge on any atom is -0.330 e.